The first-order valence-electron chi connectivity index (χ1n) is 5.06. The maximum absolute atomic E-state index is 11.1. The molecule has 0 N–H and O–H groups in total. The summed E-state index contributed by atoms with van der Waals surface area (Å²) in [5, 5.41) is 0. The van der Waals surface area contributed by atoms with Crippen LogP contribution in [-0.2, 0) is 4.79 Å². The summed E-state index contributed by atoms with van der Waals surface area (Å²) < 4.78 is 0.435. The van der Waals surface area contributed by atoms with Gasteiger partial charge in [0.1, 0.15) is 5.78 Å². The van der Waals surface area contributed by atoms with Gasteiger partial charge < -0.3 is 0 Å². The summed E-state index contributed by atoms with van der Waals surface area (Å²) in [6.45, 7) is 5.15. The second-order valence-electron chi connectivity index (χ2n) is 4.40. The average Bonchev–Trinajstić information content (AvgIpc) is 2.62. The second-order valence-corrected chi connectivity index (χ2v) is 6.08. The lowest BCUT2D eigenvalue weighted by Crippen LogP contribution is -2.35. The first-order chi connectivity index (χ1) is 6.18. The molecule has 74 valence electrons. The number of hydrogen-bond donors (Lipinski definition) is 0. The Hall–Kier alpha value is -0.0200. The van der Waals surface area contributed by atoms with Gasteiger partial charge in [-0.25, -0.2) is 0 Å². The molecule has 0 radical (unpaired) electrons. The minimum absolute atomic E-state index is 0.423. The van der Waals surface area contributed by atoms with Crippen LogP contribution in [0.4, 0.5) is 0 Å². The molecule has 0 bridgehead atoms. The summed E-state index contributed by atoms with van der Waals surface area (Å²) >= 11 is 2.08. The highest BCUT2D eigenvalue weighted by Gasteiger charge is 2.33. The Bertz CT molecular complexity index is 211. The van der Waals surface area contributed by atoms with E-state index < -0.39 is 0 Å². The van der Waals surface area contributed by atoms with Crippen molar-refractivity contribution in [3.63, 3.8) is 0 Å². The third kappa shape index (κ3) is 2.26. The minimum atomic E-state index is 0.423. The number of hydrogen-bond acceptors (Lipinski definition) is 3. The van der Waals surface area contributed by atoms with Crippen LogP contribution in [0.25, 0.3) is 0 Å². The van der Waals surface area contributed by atoms with E-state index in [9.17, 15) is 4.79 Å². The summed E-state index contributed by atoms with van der Waals surface area (Å²) in [6, 6.07) is 0. The molecule has 0 aliphatic carbocycles. The average molecular weight is 199 g/mol. The molecular formula is C10H17NOS. The van der Waals surface area contributed by atoms with Gasteiger partial charge in [0.15, 0.2) is 0 Å². The standard InChI is InChI=1S/C10H17NOS/c1-10(4-2-6-13-10)8-11-5-3-9(12)7-11/h2-8H2,1H3. The molecule has 2 nitrogen and oxygen atoms in total. The largest absolute Gasteiger partial charge is 0.298 e. The molecule has 1 unspecified atom stereocenters. The molecule has 0 saturated carbocycles. The molecule has 0 aromatic rings. The van der Waals surface area contributed by atoms with Crippen LogP contribution in [0, 0.1) is 0 Å². The third-order valence-corrected chi connectivity index (χ3v) is 4.49. The number of nitrogens with zero attached hydrogens (tertiary/aromatic N) is 1. The van der Waals surface area contributed by atoms with Crippen LogP contribution in [0.2, 0.25) is 0 Å². The Morgan fingerprint density at radius 3 is 3.00 bits per heavy atom. The molecule has 2 heterocycles. The molecule has 2 aliphatic rings. The van der Waals surface area contributed by atoms with Gasteiger partial charge >= 0.3 is 0 Å². The van der Waals surface area contributed by atoms with Crippen molar-refractivity contribution >= 4 is 17.5 Å². The van der Waals surface area contributed by atoms with Crippen molar-refractivity contribution in [3.05, 3.63) is 0 Å². The SMILES string of the molecule is CC1(CN2CCC(=O)C2)CCCS1. The molecule has 0 aromatic heterocycles. The zero-order chi connectivity index (χ0) is 9.31. The maximum Gasteiger partial charge on any atom is 0.148 e. The smallest absolute Gasteiger partial charge is 0.148 e. The Morgan fingerprint density at radius 1 is 1.62 bits per heavy atom. The lowest BCUT2D eigenvalue weighted by Gasteiger charge is -2.28. The number of thioether (sulfide) groups is 1. The monoisotopic (exact) mass is 199 g/mol. The van der Waals surface area contributed by atoms with Crippen molar-refractivity contribution in [3.8, 4) is 0 Å². The van der Waals surface area contributed by atoms with Gasteiger partial charge in [-0.3, -0.25) is 9.69 Å². The number of ketones is 1. The maximum atomic E-state index is 11.1. The van der Waals surface area contributed by atoms with E-state index in [-0.39, 0.29) is 0 Å². The summed E-state index contributed by atoms with van der Waals surface area (Å²) in [4.78, 5) is 13.4. The predicted molar refractivity (Wildman–Crippen MR) is 56.2 cm³/mol. The number of rotatable bonds is 2. The van der Waals surface area contributed by atoms with Gasteiger partial charge in [0.25, 0.3) is 0 Å². The molecule has 3 heteroatoms. The van der Waals surface area contributed by atoms with Gasteiger partial charge in [-0.05, 0) is 25.5 Å². The molecule has 2 rings (SSSR count). The van der Waals surface area contributed by atoms with Crippen molar-refractivity contribution in [2.24, 2.45) is 0 Å². The fourth-order valence-corrected chi connectivity index (χ4v) is 3.60. The molecule has 2 saturated heterocycles. The first kappa shape index (κ1) is 9.53. The fraction of sp³-hybridized carbons (Fsp3) is 0.900. The van der Waals surface area contributed by atoms with E-state index in [4.69, 9.17) is 0 Å². The Balaban J connectivity index is 1.86. The summed E-state index contributed by atoms with van der Waals surface area (Å²) in [7, 11) is 0. The highest BCUT2D eigenvalue weighted by atomic mass is 32.2. The zero-order valence-corrected chi connectivity index (χ0v) is 9.03. The summed E-state index contributed by atoms with van der Waals surface area (Å²) in [5.74, 6) is 1.73. The van der Waals surface area contributed by atoms with Crippen LogP contribution in [0.15, 0.2) is 0 Å². The van der Waals surface area contributed by atoms with E-state index in [0.29, 0.717) is 17.1 Å². The normalized spacial score (nSPS) is 35.9. The molecule has 1 atom stereocenters. The first-order valence-corrected chi connectivity index (χ1v) is 6.05. The van der Waals surface area contributed by atoms with E-state index >= 15 is 0 Å². The Morgan fingerprint density at radius 2 is 2.46 bits per heavy atom. The van der Waals surface area contributed by atoms with Gasteiger partial charge in [-0.1, -0.05) is 0 Å². The molecule has 0 amide bonds. The van der Waals surface area contributed by atoms with Gasteiger partial charge in [0.05, 0.1) is 6.54 Å². The third-order valence-electron chi connectivity index (χ3n) is 2.97. The van der Waals surface area contributed by atoms with Gasteiger partial charge in [-0.2, -0.15) is 11.8 Å². The lowest BCUT2D eigenvalue weighted by atomic mass is 10.1. The van der Waals surface area contributed by atoms with Gasteiger partial charge in [0.2, 0.25) is 0 Å². The Kier molecular flexibility index (Phi) is 2.65. The van der Waals surface area contributed by atoms with Crippen molar-refractivity contribution in [2.75, 3.05) is 25.4 Å². The Labute approximate surface area is 84.1 Å². The van der Waals surface area contributed by atoms with Crippen LogP contribution in [0.3, 0.4) is 0 Å². The number of carbonyl (C=O) groups is 1. The van der Waals surface area contributed by atoms with E-state index in [2.05, 4.69) is 23.6 Å². The van der Waals surface area contributed by atoms with Crippen molar-refractivity contribution in [2.45, 2.75) is 30.9 Å². The van der Waals surface area contributed by atoms with Crippen molar-refractivity contribution in [1.82, 2.24) is 4.90 Å². The highest BCUT2D eigenvalue weighted by Crippen LogP contribution is 2.38. The quantitative estimate of drug-likeness (QED) is 0.673. The molecule has 2 fully saturated rings. The van der Waals surface area contributed by atoms with Crippen molar-refractivity contribution < 1.29 is 4.79 Å². The fourth-order valence-electron chi connectivity index (χ4n) is 2.26. The van der Waals surface area contributed by atoms with Crippen LogP contribution in [0.5, 0.6) is 0 Å². The minimum Gasteiger partial charge on any atom is -0.298 e. The van der Waals surface area contributed by atoms with E-state index in [1.165, 1.54) is 18.6 Å². The highest BCUT2D eigenvalue weighted by molar-refractivity contribution is 8.00. The number of carbonyl (C=O) groups excluding carboxylic acids is 1. The molecule has 2 aliphatic heterocycles. The number of Topliss-reactive ketones (excluding diaryl/α,β-unsaturated/α-hetero) is 1. The van der Waals surface area contributed by atoms with Crippen LogP contribution in [0.1, 0.15) is 26.2 Å². The lowest BCUT2D eigenvalue weighted by molar-refractivity contribution is -0.116. The summed E-state index contributed by atoms with van der Waals surface area (Å²) in [6.07, 6.45) is 3.45. The topological polar surface area (TPSA) is 20.3 Å². The second kappa shape index (κ2) is 3.62. The van der Waals surface area contributed by atoms with Crippen LogP contribution in [-0.4, -0.2) is 40.8 Å². The van der Waals surface area contributed by atoms with Crippen LogP contribution >= 0.6 is 11.8 Å². The van der Waals surface area contributed by atoms with E-state index in [0.717, 1.165) is 19.5 Å². The molecule has 13 heavy (non-hydrogen) atoms. The molecule has 0 spiro atoms. The van der Waals surface area contributed by atoms with Gasteiger partial charge in [-0.15, -0.1) is 0 Å². The van der Waals surface area contributed by atoms with Crippen LogP contribution < -0.4 is 0 Å². The molecule has 0 aromatic carbocycles. The molecular weight excluding hydrogens is 182 g/mol. The van der Waals surface area contributed by atoms with E-state index in [1.807, 2.05) is 0 Å². The van der Waals surface area contributed by atoms with Gasteiger partial charge in [0, 0.05) is 24.3 Å². The zero-order valence-electron chi connectivity index (χ0n) is 8.21. The van der Waals surface area contributed by atoms with E-state index in [1.54, 1.807) is 0 Å². The summed E-state index contributed by atoms with van der Waals surface area (Å²) in [5.41, 5.74) is 0. The number of likely N-dealkylation sites (tertiary alicyclic amines) is 1. The predicted octanol–water partition coefficient (Wildman–Crippen LogP) is 1.55. The van der Waals surface area contributed by atoms with Crippen molar-refractivity contribution in [1.29, 1.82) is 0 Å².